The fourth-order valence-electron chi connectivity index (χ4n) is 0.582. The smallest absolute Gasteiger partial charge is 0.164 e. The Balaban J connectivity index is 2.85. The molecule has 48 valence electrons. The van der Waals surface area contributed by atoms with E-state index in [1.165, 1.54) is 0 Å². The van der Waals surface area contributed by atoms with Crippen molar-refractivity contribution in [2.75, 3.05) is 0 Å². The van der Waals surface area contributed by atoms with Crippen molar-refractivity contribution in [3.05, 3.63) is 27.7 Å². The zero-order chi connectivity index (χ0) is 6.69. The van der Waals surface area contributed by atoms with Crippen LogP contribution in [0.1, 0.15) is 12.7 Å². The van der Waals surface area contributed by atoms with Gasteiger partial charge >= 0.3 is 0 Å². The predicted molar refractivity (Wildman–Crippen MR) is 46.1 cm³/mol. The Morgan fingerprint density at radius 1 is 1.56 bits per heavy atom. The molecule has 0 amide bonds. The van der Waals surface area contributed by atoms with Crippen LogP contribution in [0.5, 0.6) is 0 Å². The summed E-state index contributed by atoms with van der Waals surface area (Å²) < 4.78 is 6.15. The lowest BCUT2D eigenvalue weighted by Gasteiger charge is -1.79. The van der Waals surface area contributed by atoms with Crippen LogP contribution in [0.2, 0.25) is 0 Å². The molecule has 0 aliphatic rings. The zero-order valence-electron chi connectivity index (χ0n) is 5.10. The van der Waals surface area contributed by atoms with Crippen LogP contribution in [0.25, 0.3) is 6.08 Å². The average molecular weight is 234 g/mol. The van der Waals surface area contributed by atoms with Crippen LogP contribution < -0.4 is 0 Å². The highest BCUT2D eigenvalue weighted by atomic mass is 127. The summed E-state index contributed by atoms with van der Waals surface area (Å²) in [4.78, 5) is 0. The van der Waals surface area contributed by atoms with E-state index in [2.05, 4.69) is 22.6 Å². The van der Waals surface area contributed by atoms with Crippen LogP contribution in [0, 0.1) is 3.77 Å². The Hall–Kier alpha value is -0.250. The molecule has 0 unspecified atom stereocenters. The number of rotatable bonds is 1. The van der Waals surface area contributed by atoms with E-state index in [0.717, 1.165) is 9.53 Å². The molecule has 1 heterocycles. The zero-order valence-corrected chi connectivity index (χ0v) is 7.25. The molecule has 0 radical (unpaired) electrons. The van der Waals surface area contributed by atoms with E-state index in [9.17, 15) is 0 Å². The molecule has 9 heavy (non-hydrogen) atoms. The summed E-state index contributed by atoms with van der Waals surface area (Å²) in [5.74, 6) is 0.918. The maximum Gasteiger partial charge on any atom is 0.164 e. The Labute approximate surface area is 67.9 Å². The Morgan fingerprint density at radius 2 is 2.33 bits per heavy atom. The molecule has 0 aliphatic heterocycles. The van der Waals surface area contributed by atoms with Gasteiger partial charge in [0.15, 0.2) is 3.77 Å². The van der Waals surface area contributed by atoms with Gasteiger partial charge in [0, 0.05) is 0 Å². The maximum absolute atomic E-state index is 5.22. The average Bonchev–Trinajstić information content (AvgIpc) is 2.17. The minimum Gasteiger partial charge on any atom is -0.451 e. The van der Waals surface area contributed by atoms with Crippen LogP contribution in [0.4, 0.5) is 0 Å². The van der Waals surface area contributed by atoms with Gasteiger partial charge in [0.05, 0.1) is 0 Å². The quantitative estimate of drug-likeness (QED) is 0.681. The van der Waals surface area contributed by atoms with Gasteiger partial charge in [-0.1, -0.05) is 6.08 Å². The molecular weight excluding hydrogens is 227 g/mol. The molecule has 0 saturated heterocycles. The molecule has 0 N–H and O–H groups in total. The third-order valence-electron chi connectivity index (χ3n) is 0.925. The van der Waals surface area contributed by atoms with Gasteiger partial charge < -0.3 is 4.42 Å². The lowest BCUT2D eigenvalue weighted by molar-refractivity contribution is 0.528. The van der Waals surface area contributed by atoms with Crippen molar-refractivity contribution in [3.63, 3.8) is 0 Å². The second-order valence-corrected chi connectivity index (χ2v) is 2.71. The Morgan fingerprint density at radius 3 is 2.78 bits per heavy atom. The summed E-state index contributed by atoms with van der Waals surface area (Å²) in [5.41, 5.74) is 0. The molecule has 0 aromatic carbocycles. The molecular formula is C7H7IO. The minimum absolute atomic E-state index is 0.918. The second kappa shape index (κ2) is 3.06. The summed E-state index contributed by atoms with van der Waals surface area (Å²) in [7, 11) is 0. The lowest BCUT2D eigenvalue weighted by atomic mass is 10.4. The largest absolute Gasteiger partial charge is 0.451 e. The van der Waals surface area contributed by atoms with Crippen LogP contribution in [-0.2, 0) is 0 Å². The fraction of sp³-hybridized carbons (Fsp3) is 0.143. The van der Waals surface area contributed by atoms with Gasteiger partial charge in [-0.2, -0.15) is 0 Å². The maximum atomic E-state index is 5.22. The standard InChI is InChI=1S/C7H7IO/c1-2-3-6-4-5-7(8)9-6/h2-5H,1H3/b3-2+. The van der Waals surface area contributed by atoms with Crippen molar-refractivity contribution in [3.8, 4) is 0 Å². The fourth-order valence-corrected chi connectivity index (χ4v) is 1.02. The number of halogens is 1. The molecule has 2 heteroatoms. The van der Waals surface area contributed by atoms with Gasteiger partial charge in [0.1, 0.15) is 5.76 Å². The van der Waals surface area contributed by atoms with E-state index in [1.807, 2.05) is 31.2 Å². The van der Waals surface area contributed by atoms with E-state index in [4.69, 9.17) is 4.42 Å². The number of hydrogen-bond acceptors (Lipinski definition) is 1. The summed E-state index contributed by atoms with van der Waals surface area (Å²) in [5, 5.41) is 0. The van der Waals surface area contributed by atoms with Gasteiger partial charge in [-0.15, -0.1) is 0 Å². The predicted octanol–water partition coefficient (Wildman–Crippen LogP) is 2.92. The first-order valence-corrected chi connectivity index (χ1v) is 3.79. The highest BCUT2D eigenvalue weighted by Gasteiger charge is 1.91. The van der Waals surface area contributed by atoms with Gasteiger partial charge in [-0.25, -0.2) is 0 Å². The first-order valence-electron chi connectivity index (χ1n) is 2.71. The molecule has 1 nitrogen and oxygen atoms in total. The summed E-state index contributed by atoms with van der Waals surface area (Å²) in [6.45, 7) is 1.97. The summed E-state index contributed by atoms with van der Waals surface area (Å²) in [6.07, 6.45) is 3.89. The van der Waals surface area contributed by atoms with Crippen molar-refractivity contribution >= 4 is 28.7 Å². The molecule has 1 aromatic rings. The van der Waals surface area contributed by atoms with Crippen LogP contribution in [-0.4, -0.2) is 0 Å². The van der Waals surface area contributed by atoms with Crippen molar-refractivity contribution in [2.24, 2.45) is 0 Å². The third-order valence-corrected chi connectivity index (χ3v) is 1.50. The van der Waals surface area contributed by atoms with E-state index in [0.29, 0.717) is 0 Å². The lowest BCUT2D eigenvalue weighted by Crippen LogP contribution is -1.56. The molecule has 0 atom stereocenters. The van der Waals surface area contributed by atoms with Crippen LogP contribution in [0.3, 0.4) is 0 Å². The second-order valence-electron chi connectivity index (χ2n) is 1.64. The van der Waals surface area contributed by atoms with Crippen molar-refractivity contribution in [1.82, 2.24) is 0 Å². The van der Waals surface area contributed by atoms with E-state index in [1.54, 1.807) is 0 Å². The van der Waals surface area contributed by atoms with Crippen molar-refractivity contribution in [1.29, 1.82) is 0 Å². The number of allylic oxidation sites excluding steroid dienone is 1. The van der Waals surface area contributed by atoms with Crippen LogP contribution in [0.15, 0.2) is 22.6 Å². The van der Waals surface area contributed by atoms with E-state index < -0.39 is 0 Å². The van der Waals surface area contributed by atoms with Gasteiger partial charge in [0.2, 0.25) is 0 Å². The summed E-state index contributed by atoms with van der Waals surface area (Å²) >= 11 is 2.14. The van der Waals surface area contributed by atoms with Gasteiger partial charge in [-0.05, 0) is 47.7 Å². The normalized spacial score (nSPS) is 10.9. The van der Waals surface area contributed by atoms with Crippen molar-refractivity contribution < 1.29 is 4.42 Å². The minimum atomic E-state index is 0.918. The molecule has 0 spiro atoms. The molecule has 0 fully saturated rings. The Kier molecular flexibility index (Phi) is 2.33. The number of hydrogen-bond donors (Lipinski definition) is 0. The molecule has 0 saturated carbocycles. The monoisotopic (exact) mass is 234 g/mol. The summed E-state index contributed by atoms with van der Waals surface area (Å²) in [6, 6.07) is 3.89. The molecule has 0 bridgehead atoms. The van der Waals surface area contributed by atoms with Gasteiger partial charge in [0.25, 0.3) is 0 Å². The topological polar surface area (TPSA) is 13.1 Å². The SMILES string of the molecule is C/C=C/c1ccc(I)o1. The van der Waals surface area contributed by atoms with Gasteiger partial charge in [-0.3, -0.25) is 0 Å². The Bertz CT molecular complexity index is 212. The van der Waals surface area contributed by atoms with E-state index in [-0.39, 0.29) is 0 Å². The highest BCUT2D eigenvalue weighted by molar-refractivity contribution is 14.1. The van der Waals surface area contributed by atoms with Crippen LogP contribution >= 0.6 is 22.6 Å². The van der Waals surface area contributed by atoms with Crippen molar-refractivity contribution in [2.45, 2.75) is 6.92 Å². The molecule has 1 rings (SSSR count). The first-order chi connectivity index (χ1) is 4.33. The molecule has 0 aliphatic carbocycles. The third kappa shape index (κ3) is 1.86. The first kappa shape index (κ1) is 6.86. The highest BCUT2D eigenvalue weighted by Crippen LogP contribution is 2.10. The molecule has 1 aromatic heterocycles. The number of furan rings is 1. The van der Waals surface area contributed by atoms with E-state index >= 15 is 0 Å².